The highest BCUT2D eigenvalue weighted by Gasteiger charge is 2.39. The number of allylic oxidation sites excluding steroid dienone is 1. The van der Waals surface area contributed by atoms with E-state index in [4.69, 9.17) is 10.5 Å². The molecule has 0 radical (unpaired) electrons. The number of fused-ring (bicyclic) bond motifs is 1. The Morgan fingerprint density at radius 2 is 2.00 bits per heavy atom. The molecule has 2 aromatic heterocycles. The Morgan fingerprint density at radius 1 is 1.23 bits per heavy atom. The van der Waals surface area contributed by atoms with E-state index < -0.39 is 18.0 Å². The second-order valence-corrected chi connectivity index (χ2v) is 6.01. The number of hydrogen-bond donors (Lipinski definition) is 3. The Balaban J connectivity index is 1.74. The van der Waals surface area contributed by atoms with E-state index in [9.17, 15) is 13.2 Å². The van der Waals surface area contributed by atoms with Crippen molar-refractivity contribution in [1.82, 2.24) is 15.3 Å². The summed E-state index contributed by atoms with van der Waals surface area (Å²) in [4.78, 5) is 13.5. The van der Waals surface area contributed by atoms with Gasteiger partial charge in [0.25, 0.3) is 0 Å². The fourth-order valence-corrected chi connectivity index (χ4v) is 3.07. The molecule has 0 saturated carbocycles. The lowest BCUT2D eigenvalue weighted by Gasteiger charge is -2.27. The number of anilines is 1. The highest BCUT2D eigenvalue weighted by Crippen LogP contribution is 2.32. The molecule has 0 amide bonds. The smallest absolute Gasteiger partial charge is 0.378 e. The van der Waals surface area contributed by atoms with Gasteiger partial charge in [-0.2, -0.15) is 13.2 Å². The molecule has 2 aliphatic rings. The normalized spacial score (nSPS) is 21.4. The number of ether oxygens (including phenoxy) is 1. The zero-order valence-electron chi connectivity index (χ0n) is 13.7. The number of pyridine rings is 1. The monoisotopic (exact) mass is 366 g/mol. The van der Waals surface area contributed by atoms with Crippen LogP contribution in [0.2, 0.25) is 0 Å². The van der Waals surface area contributed by atoms with Gasteiger partial charge in [0, 0.05) is 36.4 Å². The highest BCUT2D eigenvalue weighted by molar-refractivity contribution is 6.19. The lowest BCUT2D eigenvalue weighted by atomic mass is 10.0. The van der Waals surface area contributed by atoms with Crippen LogP contribution in [-0.4, -0.2) is 54.4 Å². The molecule has 4 heterocycles. The number of H-pyrrole nitrogens is 1. The van der Waals surface area contributed by atoms with Crippen LogP contribution in [0.3, 0.4) is 0 Å². The van der Waals surface area contributed by atoms with E-state index in [1.54, 1.807) is 12.1 Å². The van der Waals surface area contributed by atoms with Crippen LogP contribution >= 0.6 is 0 Å². The van der Waals surface area contributed by atoms with Gasteiger partial charge >= 0.3 is 6.18 Å². The van der Waals surface area contributed by atoms with Crippen molar-refractivity contribution in [1.29, 1.82) is 0 Å². The van der Waals surface area contributed by atoms with Crippen molar-refractivity contribution in [3.05, 3.63) is 35.7 Å². The topological polar surface area (TPSA) is 91.6 Å². The van der Waals surface area contributed by atoms with Crippen LogP contribution < -0.4 is 16.0 Å². The third-order valence-corrected chi connectivity index (χ3v) is 4.34. The summed E-state index contributed by atoms with van der Waals surface area (Å²) in [5.41, 5.74) is 5.41. The van der Waals surface area contributed by atoms with Crippen LogP contribution in [0.5, 0.6) is 0 Å². The van der Waals surface area contributed by atoms with Crippen LogP contribution in [-0.2, 0) is 4.74 Å². The molecule has 1 fully saturated rings. The fraction of sp³-hybridized carbons (Fsp3) is 0.375. The first-order valence-electron chi connectivity index (χ1n) is 8.12. The molecule has 0 aromatic carbocycles. The zero-order valence-corrected chi connectivity index (χ0v) is 13.7. The first-order chi connectivity index (χ1) is 12.4. The van der Waals surface area contributed by atoms with Crippen molar-refractivity contribution in [3.8, 4) is 0 Å². The molecule has 2 aromatic rings. The van der Waals surface area contributed by atoms with Crippen molar-refractivity contribution >= 4 is 22.6 Å². The third kappa shape index (κ3) is 3.01. The van der Waals surface area contributed by atoms with Crippen LogP contribution in [0, 0.1) is 0 Å². The number of morpholine rings is 1. The number of aromatic nitrogens is 2. The Bertz CT molecular complexity index is 882. The van der Waals surface area contributed by atoms with E-state index in [2.05, 4.69) is 25.2 Å². The van der Waals surface area contributed by atoms with E-state index in [0.717, 1.165) is 25.1 Å². The van der Waals surface area contributed by atoms with Crippen LogP contribution in [0.4, 0.5) is 19.0 Å². The van der Waals surface area contributed by atoms with Crippen molar-refractivity contribution in [2.75, 3.05) is 31.2 Å². The van der Waals surface area contributed by atoms with Crippen LogP contribution in [0.1, 0.15) is 5.56 Å². The molecule has 0 spiro atoms. The molecular weight excluding hydrogens is 349 g/mol. The quantitative estimate of drug-likeness (QED) is 0.749. The molecular formula is C16H17F3N6O. The number of alkyl halides is 3. The van der Waals surface area contributed by atoms with Crippen LogP contribution in [0.25, 0.3) is 11.0 Å². The van der Waals surface area contributed by atoms with Crippen molar-refractivity contribution in [2.45, 2.75) is 12.5 Å². The molecule has 1 atom stereocenters. The first kappa shape index (κ1) is 16.9. The standard InChI is InChI=1S/C16H17F3N6O/c17-16(18,19)11-8-22-15(20)24-13(11)10-7-21-14-9(10)1-2-12(23-14)25-3-5-26-6-4-25/h1-2,7-8,15,22H,3-6,20H2,(H,21,23). The molecule has 7 nitrogen and oxygen atoms in total. The number of aliphatic imine (C=N–C) groups is 1. The van der Waals surface area contributed by atoms with E-state index in [1.807, 2.05) is 0 Å². The molecule has 4 rings (SSSR count). The SMILES string of the molecule is NC1N=C(c2c[nH]c3nc(N4CCOCC4)ccc23)C(C(F)(F)F)=CN1. The van der Waals surface area contributed by atoms with Crippen LogP contribution in [0.15, 0.2) is 35.1 Å². The zero-order chi connectivity index (χ0) is 18.3. The maximum atomic E-state index is 13.3. The average molecular weight is 366 g/mol. The average Bonchev–Trinajstić information content (AvgIpc) is 3.04. The van der Waals surface area contributed by atoms with Gasteiger partial charge in [0.2, 0.25) is 0 Å². The summed E-state index contributed by atoms with van der Waals surface area (Å²) < 4.78 is 45.4. The van der Waals surface area contributed by atoms with Gasteiger partial charge in [0.05, 0.1) is 24.5 Å². The second-order valence-electron chi connectivity index (χ2n) is 6.01. The molecule has 0 bridgehead atoms. The predicted molar refractivity (Wildman–Crippen MR) is 90.9 cm³/mol. The van der Waals surface area contributed by atoms with E-state index in [-0.39, 0.29) is 5.71 Å². The fourth-order valence-electron chi connectivity index (χ4n) is 3.07. The molecule has 4 N–H and O–H groups in total. The summed E-state index contributed by atoms with van der Waals surface area (Å²) in [5.74, 6) is 0.754. The second kappa shape index (κ2) is 6.29. The van der Waals surface area contributed by atoms with Gasteiger partial charge in [-0.15, -0.1) is 0 Å². The van der Waals surface area contributed by atoms with E-state index in [1.165, 1.54) is 6.20 Å². The summed E-state index contributed by atoms with van der Waals surface area (Å²) in [6.45, 7) is 2.69. The molecule has 2 aliphatic heterocycles. The number of hydrogen-bond acceptors (Lipinski definition) is 6. The Labute approximate surface area is 146 Å². The molecule has 26 heavy (non-hydrogen) atoms. The maximum absolute atomic E-state index is 13.3. The minimum Gasteiger partial charge on any atom is -0.378 e. The summed E-state index contributed by atoms with van der Waals surface area (Å²) in [5, 5.41) is 2.95. The number of aromatic amines is 1. The summed E-state index contributed by atoms with van der Waals surface area (Å²) in [6.07, 6.45) is -3.13. The van der Waals surface area contributed by atoms with Crippen molar-refractivity contribution in [3.63, 3.8) is 0 Å². The molecule has 1 saturated heterocycles. The Hall–Kier alpha value is -2.59. The molecule has 0 aliphatic carbocycles. The summed E-state index contributed by atoms with van der Waals surface area (Å²) in [7, 11) is 0. The van der Waals surface area contributed by atoms with Gasteiger partial charge in [-0.1, -0.05) is 0 Å². The number of nitrogens with two attached hydrogens (primary N) is 1. The number of rotatable bonds is 2. The van der Waals surface area contributed by atoms with Gasteiger partial charge in [-0.25, -0.2) is 9.98 Å². The Kier molecular flexibility index (Phi) is 4.08. The summed E-state index contributed by atoms with van der Waals surface area (Å²) in [6, 6.07) is 3.55. The Morgan fingerprint density at radius 3 is 2.73 bits per heavy atom. The number of nitrogens with zero attached hydrogens (tertiary/aromatic N) is 3. The number of nitrogens with one attached hydrogen (secondary N) is 2. The lowest BCUT2D eigenvalue weighted by Crippen LogP contribution is -2.39. The third-order valence-electron chi connectivity index (χ3n) is 4.34. The minimum absolute atomic E-state index is 0.198. The summed E-state index contributed by atoms with van der Waals surface area (Å²) >= 11 is 0. The van der Waals surface area contributed by atoms with E-state index >= 15 is 0 Å². The first-order valence-corrected chi connectivity index (χ1v) is 8.12. The molecule has 1 unspecified atom stereocenters. The minimum atomic E-state index is -4.54. The van der Waals surface area contributed by atoms with Gasteiger partial charge in [-0.3, -0.25) is 5.73 Å². The number of halogens is 3. The highest BCUT2D eigenvalue weighted by atomic mass is 19.4. The van der Waals surface area contributed by atoms with Crippen molar-refractivity contribution < 1.29 is 17.9 Å². The van der Waals surface area contributed by atoms with Gasteiger partial charge in [-0.05, 0) is 12.1 Å². The van der Waals surface area contributed by atoms with E-state index in [0.29, 0.717) is 29.8 Å². The maximum Gasteiger partial charge on any atom is 0.419 e. The van der Waals surface area contributed by atoms with Gasteiger partial charge < -0.3 is 19.9 Å². The molecule has 10 heteroatoms. The lowest BCUT2D eigenvalue weighted by molar-refractivity contribution is -0.0866. The largest absolute Gasteiger partial charge is 0.419 e. The van der Waals surface area contributed by atoms with Crippen molar-refractivity contribution in [2.24, 2.45) is 10.7 Å². The molecule has 138 valence electrons. The predicted octanol–water partition coefficient (Wildman–Crippen LogP) is 1.48. The van der Waals surface area contributed by atoms with Gasteiger partial charge in [0.15, 0.2) is 6.29 Å². The van der Waals surface area contributed by atoms with Gasteiger partial charge in [0.1, 0.15) is 11.5 Å².